The summed E-state index contributed by atoms with van der Waals surface area (Å²) in [5.41, 5.74) is 1.07. The van der Waals surface area contributed by atoms with Gasteiger partial charge in [0.15, 0.2) is 0 Å². The third kappa shape index (κ3) is 3.37. The number of benzene rings is 1. The summed E-state index contributed by atoms with van der Waals surface area (Å²) in [6.07, 6.45) is 4.39. The molecule has 0 unspecified atom stereocenters. The van der Waals surface area contributed by atoms with Crippen LogP contribution in [0.1, 0.15) is 31.7 Å². The number of rotatable bonds is 4. The van der Waals surface area contributed by atoms with Crippen molar-refractivity contribution in [1.82, 2.24) is 0 Å². The van der Waals surface area contributed by atoms with Crippen LogP contribution in [0.25, 0.3) is 0 Å². The minimum atomic E-state index is 0.181. The van der Waals surface area contributed by atoms with Crippen LogP contribution in [0, 0.1) is 7.14 Å². The Morgan fingerprint density at radius 1 is 1.07 bits per heavy atom. The van der Waals surface area contributed by atoms with Gasteiger partial charge in [-0.25, -0.2) is 0 Å². The van der Waals surface area contributed by atoms with E-state index in [0.717, 1.165) is 25.5 Å². The summed E-state index contributed by atoms with van der Waals surface area (Å²) < 4.78 is 1.73. The third-order valence-electron chi connectivity index (χ3n) is 2.28. The van der Waals surface area contributed by atoms with Gasteiger partial charge in [-0.15, -0.1) is 0 Å². The molecule has 1 aromatic carbocycles. The van der Waals surface area contributed by atoms with Crippen molar-refractivity contribution < 1.29 is 10.2 Å². The number of unbranched alkanes of at least 4 members (excludes halogenated alkanes) is 2. The van der Waals surface area contributed by atoms with Crippen LogP contribution >= 0.6 is 45.2 Å². The lowest BCUT2D eigenvalue weighted by atomic mass is 10.1. The smallest absolute Gasteiger partial charge is 0.132 e. The van der Waals surface area contributed by atoms with Crippen molar-refractivity contribution in [2.75, 3.05) is 0 Å². The Kier molecular flexibility index (Phi) is 5.45. The molecule has 0 aliphatic carbocycles. The van der Waals surface area contributed by atoms with Crippen LogP contribution < -0.4 is 0 Å². The fourth-order valence-corrected chi connectivity index (χ4v) is 3.34. The van der Waals surface area contributed by atoms with Crippen molar-refractivity contribution >= 4 is 45.2 Å². The first-order valence-corrected chi connectivity index (χ1v) is 7.12. The summed E-state index contributed by atoms with van der Waals surface area (Å²) in [5.74, 6) is 0.361. The van der Waals surface area contributed by atoms with E-state index in [2.05, 4.69) is 52.1 Å². The van der Waals surface area contributed by atoms with Crippen molar-refractivity contribution in [2.24, 2.45) is 0 Å². The van der Waals surface area contributed by atoms with Crippen molar-refractivity contribution in [3.63, 3.8) is 0 Å². The second-order valence-electron chi connectivity index (χ2n) is 3.48. The highest BCUT2D eigenvalue weighted by atomic mass is 127. The Morgan fingerprint density at radius 3 is 2.07 bits per heavy atom. The fraction of sp³-hybridized carbons (Fsp3) is 0.455. The zero-order valence-electron chi connectivity index (χ0n) is 8.56. The van der Waals surface area contributed by atoms with Crippen LogP contribution in [0.2, 0.25) is 0 Å². The topological polar surface area (TPSA) is 40.5 Å². The first-order chi connectivity index (χ1) is 7.07. The Morgan fingerprint density at radius 2 is 1.60 bits per heavy atom. The predicted octanol–water partition coefficient (Wildman–Crippen LogP) is 4.04. The first-order valence-electron chi connectivity index (χ1n) is 4.96. The number of aromatic hydroxyl groups is 2. The highest BCUT2D eigenvalue weighted by molar-refractivity contribution is 14.1. The maximum atomic E-state index is 9.59. The molecule has 0 aromatic heterocycles. The summed E-state index contributed by atoms with van der Waals surface area (Å²) in [5, 5.41) is 19.2. The molecule has 0 fully saturated rings. The van der Waals surface area contributed by atoms with E-state index >= 15 is 0 Å². The molecule has 1 aromatic rings. The summed E-state index contributed by atoms with van der Waals surface area (Å²) in [6, 6.07) is 1.41. The second-order valence-corrected chi connectivity index (χ2v) is 5.64. The molecule has 0 saturated heterocycles. The van der Waals surface area contributed by atoms with Crippen LogP contribution in [0.4, 0.5) is 0 Å². The van der Waals surface area contributed by atoms with Gasteiger partial charge >= 0.3 is 0 Å². The highest BCUT2D eigenvalue weighted by Crippen LogP contribution is 2.35. The molecule has 15 heavy (non-hydrogen) atoms. The maximum absolute atomic E-state index is 9.59. The molecule has 0 radical (unpaired) electrons. The Balaban J connectivity index is 2.94. The van der Waals surface area contributed by atoms with Crippen LogP contribution in [-0.4, -0.2) is 10.2 Å². The van der Waals surface area contributed by atoms with Crippen LogP contribution in [0.3, 0.4) is 0 Å². The molecule has 0 bridgehead atoms. The largest absolute Gasteiger partial charge is 0.507 e. The molecule has 0 amide bonds. The standard InChI is InChI=1S/C11H14I2O2/c1-2-3-4-5-7-10(12)8(14)6-9(15)11(7)13/h6,14-15H,2-5H2,1H3. The van der Waals surface area contributed by atoms with Crippen LogP contribution in [0.15, 0.2) is 6.07 Å². The van der Waals surface area contributed by atoms with Gasteiger partial charge in [-0.2, -0.15) is 0 Å². The van der Waals surface area contributed by atoms with Gasteiger partial charge in [0.2, 0.25) is 0 Å². The molecule has 84 valence electrons. The van der Waals surface area contributed by atoms with Gasteiger partial charge in [0.25, 0.3) is 0 Å². The number of phenols is 2. The van der Waals surface area contributed by atoms with Gasteiger partial charge in [-0.05, 0) is 63.6 Å². The zero-order valence-corrected chi connectivity index (χ0v) is 12.9. The van der Waals surface area contributed by atoms with Gasteiger partial charge < -0.3 is 10.2 Å². The summed E-state index contributed by atoms with van der Waals surface area (Å²) in [7, 11) is 0. The summed E-state index contributed by atoms with van der Waals surface area (Å²) >= 11 is 4.27. The number of hydrogen-bond donors (Lipinski definition) is 2. The second kappa shape index (κ2) is 6.12. The molecule has 0 atom stereocenters. The van der Waals surface area contributed by atoms with E-state index in [-0.39, 0.29) is 11.5 Å². The summed E-state index contributed by atoms with van der Waals surface area (Å²) in [4.78, 5) is 0. The number of halogens is 2. The zero-order chi connectivity index (χ0) is 11.4. The van der Waals surface area contributed by atoms with Crippen LogP contribution in [-0.2, 0) is 6.42 Å². The monoisotopic (exact) mass is 432 g/mol. The molecule has 0 spiro atoms. The molecule has 1 rings (SSSR count). The Bertz CT molecular complexity index is 325. The van der Waals surface area contributed by atoms with Gasteiger partial charge in [-0.1, -0.05) is 19.8 Å². The van der Waals surface area contributed by atoms with Gasteiger partial charge in [0, 0.05) is 6.07 Å². The van der Waals surface area contributed by atoms with Crippen molar-refractivity contribution in [3.8, 4) is 11.5 Å². The molecule has 2 nitrogen and oxygen atoms in total. The minimum Gasteiger partial charge on any atom is -0.507 e. The van der Waals surface area contributed by atoms with E-state index in [0.29, 0.717) is 0 Å². The molecule has 4 heteroatoms. The molecule has 0 heterocycles. The van der Waals surface area contributed by atoms with Crippen molar-refractivity contribution in [1.29, 1.82) is 0 Å². The van der Waals surface area contributed by atoms with E-state index in [1.165, 1.54) is 18.9 Å². The SMILES string of the molecule is CCCCCc1c(I)c(O)cc(O)c1I. The predicted molar refractivity (Wildman–Crippen MR) is 78.4 cm³/mol. The lowest BCUT2D eigenvalue weighted by Crippen LogP contribution is -1.95. The quantitative estimate of drug-likeness (QED) is 0.558. The molecular formula is C11H14I2O2. The van der Waals surface area contributed by atoms with E-state index in [1.54, 1.807) is 0 Å². The van der Waals surface area contributed by atoms with Crippen LogP contribution in [0.5, 0.6) is 11.5 Å². The molecule has 0 aliphatic rings. The van der Waals surface area contributed by atoms with Crippen molar-refractivity contribution in [3.05, 3.63) is 18.8 Å². The third-order valence-corrected chi connectivity index (χ3v) is 4.69. The van der Waals surface area contributed by atoms with E-state index in [4.69, 9.17) is 0 Å². The number of phenolic OH excluding ortho intramolecular Hbond substituents is 2. The van der Waals surface area contributed by atoms with Gasteiger partial charge in [0.1, 0.15) is 11.5 Å². The van der Waals surface area contributed by atoms with Gasteiger partial charge in [-0.3, -0.25) is 0 Å². The Hall–Kier alpha value is 0.280. The molecule has 0 saturated carbocycles. The number of hydrogen-bond acceptors (Lipinski definition) is 2. The van der Waals surface area contributed by atoms with Crippen molar-refractivity contribution in [2.45, 2.75) is 32.6 Å². The van der Waals surface area contributed by atoms with E-state index < -0.39 is 0 Å². The van der Waals surface area contributed by atoms with Gasteiger partial charge in [0.05, 0.1) is 7.14 Å². The first kappa shape index (κ1) is 13.3. The average Bonchev–Trinajstić information content (AvgIpc) is 2.20. The highest BCUT2D eigenvalue weighted by Gasteiger charge is 2.13. The fourth-order valence-electron chi connectivity index (χ4n) is 1.43. The normalized spacial score (nSPS) is 10.6. The van der Waals surface area contributed by atoms with E-state index in [1.807, 2.05) is 0 Å². The summed E-state index contributed by atoms with van der Waals surface area (Å²) in [6.45, 7) is 2.16. The molecule has 2 N–H and O–H groups in total. The Labute approximate surface area is 117 Å². The average molecular weight is 432 g/mol. The molecule has 0 aliphatic heterocycles. The van der Waals surface area contributed by atoms with E-state index in [9.17, 15) is 10.2 Å². The maximum Gasteiger partial charge on any atom is 0.132 e. The lowest BCUT2D eigenvalue weighted by Gasteiger charge is -2.10. The minimum absolute atomic E-state index is 0.181. The molecular weight excluding hydrogens is 418 g/mol. The lowest BCUT2D eigenvalue weighted by molar-refractivity contribution is 0.443.